The summed E-state index contributed by atoms with van der Waals surface area (Å²) in [5.41, 5.74) is 1.79. The van der Waals surface area contributed by atoms with Gasteiger partial charge in [-0.25, -0.2) is 4.98 Å². The van der Waals surface area contributed by atoms with Crippen LogP contribution in [0.1, 0.15) is 11.5 Å². The average Bonchev–Trinajstić information content (AvgIpc) is 3.10. The van der Waals surface area contributed by atoms with Gasteiger partial charge in [-0.3, -0.25) is 4.79 Å². The fourth-order valence-electron chi connectivity index (χ4n) is 2.22. The second-order valence-corrected chi connectivity index (χ2v) is 5.17. The van der Waals surface area contributed by atoms with Crippen LogP contribution in [0, 0.1) is 0 Å². The van der Waals surface area contributed by atoms with Gasteiger partial charge in [-0.15, -0.1) is 0 Å². The summed E-state index contributed by atoms with van der Waals surface area (Å²) < 4.78 is 15.9. The van der Waals surface area contributed by atoms with E-state index in [1.165, 1.54) is 0 Å². The lowest BCUT2D eigenvalue weighted by atomic mass is 10.1. The Morgan fingerprint density at radius 3 is 2.54 bits per heavy atom. The quantitative estimate of drug-likeness (QED) is 0.648. The first-order valence-corrected chi connectivity index (χ1v) is 7.53. The van der Waals surface area contributed by atoms with Crippen LogP contribution in [0.15, 0.2) is 65.2 Å². The molecule has 24 heavy (non-hydrogen) atoms. The molecule has 0 fully saturated rings. The highest BCUT2D eigenvalue weighted by molar-refractivity contribution is 5.72. The van der Waals surface area contributed by atoms with Gasteiger partial charge in [-0.05, 0) is 17.7 Å². The summed E-state index contributed by atoms with van der Waals surface area (Å²) >= 11 is 0. The lowest BCUT2D eigenvalue weighted by Gasteiger charge is -2.04. The van der Waals surface area contributed by atoms with Gasteiger partial charge in [-0.2, -0.15) is 0 Å². The monoisotopic (exact) mass is 323 g/mol. The fourth-order valence-corrected chi connectivity index (χ4v) is 2.22. The number of oxazole rings is 1. The second kappa shape index (κ2) is 7.46. The Hall–Kier alpha value is -3.08. The van der Waals surface area contributed by atoms with Crippen molar-refractivity contribution in [2.45, 2.75) is 13.0 Å². The highest BCUT2D eigenvalue weighted by atomic mass is 16.5. The Balaban J connectivity index is 1.53. The molecule has 0 aliphatic heterocycles. The van der Waals surface area contributed by atoms with E-state index in [1.54, 1.807) is 13.3 Å². The van der Waals surface area contributed by atoms with Crippen molar-refractivity contribution in [3.8, 4) is 17.1 Å². The third kappa shape index (κ3) is 4.01. The van der Waals surface area contributed by atoms with E-state index in [2.05, 4.69) is 4.98 Å². The number of rotatable bonds is 6. The predicted molar refractivity (Wildman–Crippen MR) is 88.4 cm³/mol. The molecule has 3 aromatic rings. The van der Waals surface area contributed by atoms with Gasteiger partial charge in [0, 0.05) is 5.56 Å². The van der Waals surface area contributed by atoms with E-state index in [-0.39, 0.29) is 19.0 Å². The lowest BCUT2D eigenvalue weighted by Crippen LogP contribution is -2.08. The lowest BCUT2D eigenvalue weighted by molar-refractivity contribution is -0.144. The zero-order valence-corrected chi connectivity index (χ0v) is 13.3. The largest absolute Gasteiger partial charge is 0.497 e. The minimum atomic E-state index is -0.334. The number of carbonyl (C=O) groups is 1. The molecule has 3 rings (SSSR count). The van der Waals surface area contributed by atoms with Crippen molar-refractivity contribution in [1.82, 2.24) is 4.98 Å². The molecule has 0 amide bonds. The van der Waals surface area contributed by atoms with Gasteiger partial charge in [0.25, 0.3) is 0 Å². The van der Waals surface area contributed by atoms with Crippen molar-refractivity contribution < 1.29 is 18.7 Å². The number of esters is 1. The number of nitrogens with zero attached hydrogens (tertiary/aromatic N) is 1. The molecule has 5 nitrogen and oxygen atoms in total. The predicted octanol–water partition coefficient (Wildman–Crippen LogP) is 3.64. The minimum absolute atomic E-state index is 0.0157. The third-order valence-electron chi connectivity index (χ3n) is 3.48. The maximum Gasteiger partial charge on any atom is 0.310 e. The van der Waals surface area contributed by atoms with Crippen molar-refractivity contribution in [3.63, 3.8) is 0 Å². The first-order chi connectivity index (χ1) is 11.7. The first-order valence-electron chi connectivity index (χ1n) is 7.53. The highest BCUT2D eigenvalue weighted by Gasteiger charge is 2.10. The number of ether oxygens (including phenoxy) is 2. The maximum absolute atomic E-state index is 11.9. The molecule has 0 saturated carbocycles. The van der Waals surface area contributed by atoms with Crippen LogP contribution in [0.25, 0.3) is 11.3 Å². The Labute approximate surface area is 139 Å². The van der Waals surface area contributed by atoms with Gasteiger partial charge in [-0.1, -0.05) is 42.5 Å². The van der Waals surface area contributed by atoms with Crippen LogP contribution in [0.2, 0.25) is 0 Å². The van der Waals surface area contributed by atoms with Crippen molar-refractivity contribution in [2.24, 2.45) is 0 Å². The van der Waals surface area contributed by atoms with Crippen LogP contribution in [-0.2, 0) is 22.6 Å². The minimum Gasteiger partial charge on any atom is -0.497 e. The number of aromatic nitrogens is 1. The SMILES string of the molecule is COc1ccc(CC(=O)OCc2ncc(-c3ccccc3)o2)cc1. The zero-order valence-electron chi connectivity index (χ0n) is 13.3. The standard InChI is InChI=1S/C19H17NO4/c1-22-16-9-7-14(8-10-16)11-19(21)23-13-18-20-12-17(24-18)15-5-3-2-4-6-15/h2-10,12H,11,13H2,1H3. The molecule has 0 aliphatic rings. The number of carbonyl (C=O) groups excluding carboxylic acids is 1. The molecule has 1 aromatic heterocycles. The average molecular weight is 323 g/mol. The number of hydrogen-bond donors (Lipinski definition) is 0. The van der Waals surface area contributed by atoms with Crippen molar-refractivity contribution >= 4 is 5.97 Å². The van der Waals surface area contributed by atoms with Gasteiger partial charge in [0.1, 0.15) is 5.75 Å². The van der Waals surface area contributed by atoms with Crippen LogP contribution >= 0.6 is 0 Å². The Kier molecular flexibility index (Phi) is 4.91. The third-order valence-corrected chi connectivity index (χ3v) is 3.48. The topological polar surface area (TPSA) is 61.6 Å². The summed E-state index contributed by atoms with van der Waals surface area (Å²) in [6, 6.07) is 16.9. The van der Waals surface area contributed by atoms with Crippen molar-refractivity contribution in [2.75, 3.05) is 7.11 Å². The van der Waals surface area contributed by atoms with Crippen molar-refractivity contribution in [1.29, 1.82) is 0 Å². The van der Waals surface area contributed by atoms with E-state index in [0.717, 1.165) is 16.9 Å². The Morgan fingerprint density at radius 2 is 1.83 bits per heavy atom. The first kappa shape index (κ1) is 15.8. The fraction of sp³-hybridized carbons (Fsp3) is 0.158. The highest BCUT2D eigenvalue weighted by Crippen LogP contribution is 2.20. The molecule has 0 unspecified atom stereocenters. The smallest absolute Gasteiger partial charge is 0.310 e. The maximum atomic E-state index is 11.9. The van der Waals surface area contributed by atoms with Gasteiger partial charge < -0.3 is 13.9 Å². The van der Waals surface area contributed by atoms with Crippen molar-refractivity contribution in [3.05, 3.63) is 72.2 Å². The zero-order chi connectivity index (χ0) is 16.8. The molecule has 0 saturated heterocycles. The molecule has 0 bridgehead atoms. The summed E-state index contributed by atoms with van der Waals surface area (Å²) in [4.78, 5) is 16.0. The van der Waals surface area contributed by atoms with Crippen LogP contribution in [0.5, 0.6) is 5.75 Å². The summed E-state index contributed by atoms with van der Waals surface area (Å²) in [7, 11) is 1.60. The van der Waals surface area contributed by atoms with Crippen LogP contribution in [0.4, 0.5) is 0 Å². The molecular formula is C19H17NO4. The van der Waals surface area contributed by atoms with Gasteiger partial charge in [0.05, 0.1) is 19.7 Å². The van der Waals surface area contributed by atoms with E-state index in [1.807, 2.05) is 54.6 Å². The van der Waals surface area contributed by atoms with Crippen LogP contribution in [0.3, 0.4) is 0 Å². The summed E-state index contributed by atoms with van der Waals surface area (Å²) in [5, 5.41) is 0. The van der Waals surface area contributed by atoms with Gasteiger partial charge >= 0.3 is 5.97 Å². The Morgan fingerprint density at radius 1 is 1.08 bits per heavy atom. The number of hydrogen-bond acceptors (Lipinski definition) is 5. The summed E-state index contributed by atoms with van der Waals surface area (Å²) in [6.45, 7) is 0.0157. The molecule has 122 valence electrons. The van der Waals surface area contributed by atoms with E-state index < -0.39 is 0 Å². The molecular weight excluding hydrogens is 306 g/mol. The molecule has 0 spiro atoms. The van der Waals surface area contributed by atoms with E-state index in [9.17, 15) is 4.79 Å². The van der Waals surface area contributed by atoms with E-state index in [4.69, 9.17) is 13.9 Å². The normalized spacial score (nSPS) is 10.4. The summed E-state index contributed by atoms with van der Waals surface area (Å²) in [6.07, 6.45) is 1.82. The summed E-state index contributed by atoms with van der Waals surface area (Å²) in [5.74, 6) is 1.44. The second-order valence-electron chi connectivity index (χ2n) is 5.17. The Bertz CT molecular complexity index is 794. The van der Waals surface area contributed by atoms with Crippen LogP contribution < -0.4 is 4.74 Å². The molecule has 0 radical (unpaired) electrons. The molecule has 5 heteroatoms. The molecule has 1 heterocycles. The van der Waals surface area contributed by atoms with Gasteiger partial charge in [0.15, 0.2) is 12.4 Å². The van der Waals surface area contributed by atoms with Gasteiger partial charge in [0.2, 0.25) is 5.89 Å². The molecule has 0 aliphatic carbocycles. The van der Waals surface area contributed by atoms with Crippen LogP contribution in [-0.4, -0.2) is 18.1 Å². The number of methoxy groups -OCH3 is 1. The molecule has 2 aromatic carbocycles. The molecule has 0 N–H and O–H groups in total. The van der Waals surface area contributed by atoms with E-state index in [0.29, 0.717) is 11.7 Å². The number of benzene rings is 2. The molecule has 0 atom stereocenters. The van der Waals surface area contributed by atoms with E-state index >= 15 is 0 Å².